The molecule has 0 saturated carbocycles. The van der Waals surface area contributed by atoms with Crippen LogP contribution in [0.15, 0.2) is 24.4 Å². The Kier molecular flexibility index (Phi) is 4.54. The average Bonchev–Trinajstić information content (AvgIpc) is 2.84. The molecule has 0 aliphatic heterocycles. The molecule has 1 aromatic heterocycles. The van der Waals surface area contributed by atoms with Crippen LogP contribution in [0, 0.1) is 13.8 Å². The van der Waals surface area contributed by atoms with Gasteiger partial charge in [0.1, 0.15) is 0 Å². The fraction of sp³-hybridized carbons (Fsp3) is 0.214. The van der Waals surface area contributed by atoms with Gasteiger partial charge in [-0.3, -0.25) is 0 Å². The lowest BCUT2D eigenvalue weighted by Crippen LogP contribution is -2.28. The Morgan fingerprint density at radius 2 is 2.10 bits per heavy atom. The van der Waals surface area contributed by atoms with Gasteiger partial charge in [-0.25, -0.2) is 14.6 Å². The Labute approximate surface area is 125 Å². The number of benzene rings is 1. The van der Waals surface area contributed by atoms with Crippen molar-refractivity contribution in [1.29, 1.82) is 0 Å². The van der Waals surface area contributed by atoms with E-state index in [1.807, 2.05) is 6.92 Å². The Hall–Kier alpha value is -2.41. The van der Waals surface area contributed by atoms with Gasteiger partial charge in [-0.15, -0.1) is 11.3 Å². The van der Waals surface area contributed by atoms with Crippen molar-refractivity contribution >= 4 is 29.0 Å². The van der Waals surface area contributed by atoms with E-state index in [0.717, 1.165) is 15.4 Å². The SMILES string of the molecule is Cc1ccc(NC(=O)NCc2cnc(C)s2)c(C(=O)O)c1. The van der Waals surface area contributed by atoms with Crippen molar-refractivity contribution in [3.63, 3.8) is 0 Å². The van der Waals surface area contributed by atoms with Gasteiger partial charge < -0.3 is 15.7 Å². The number of carboxylic acid groups (broad SMARTS) is 1. The number of carbonyl (C=O) groups is 2. The van der Waals surface area contributed by atoms with Gasteiger partial charge >= 0.3 is 12.0 Å². The Balaban J connectivity index is 2.01. The van der Waals surface area contributed by atoms with Crippen LogP contribution in [0.2, 0.25) is 0 Å². The smallest absolute Gasteiger partial charge is 0.337 e. The molecule has 1 aromatic carbocycles. The Morgan fingerprint density at radius 1 is 1.33 bits per heavy atom. The number of nitrogens with zero attached hydrogens (tertiary/aromatic N) is 1. The third-order valence-electron chi connectivity index (χ3n) is 2.75. The topological polar surface area (TPSA) is 91.3 Å². The monoisotopic (exact) mass is 305 g/mol. The van der Waals surface area contributed by atoms with Crippen molar-refractivity contribution in [3.8, 4) is 0 Å². The van der Waals surface area contributed by atoms with E-state index in [9.17, 15) is 9.59 Å². The number of hydrogen-bond acceptors (Lipinski definition) is 4. The van der Waals surface area contributed by atoms with Gasteiger partial charge in [-0.05, 0) is 26.0 Å². The molecule has 0 saturated heterocycles. The first-order chi connectivity index (χ1) is 9.95. The maximum absolute atomic E-state index is 11.8. The third-order valence-corrected chi connectivity index (χ3v) is 3.66. The first-order valence-corrected chi connectivity index (χ1v) is 7.07. The summed E-state index contributed by atoms with van der Waals surface area (Å²) >= 11 is 1.50. The average molecular weight is 305 g/mol. The van der Waals surface area contributed by atoms with E-state index in [2.05, 4.69) is 15.6 Å². The zero-order chi connectivity index (χ0) is 15.4. The summed E-state index contributed by atoms with van der Waals surface area (Å²) in [7, 11) is 0. The highest BCUT2D eigenvalue weighted by atomic mass is 32.1. The molecule has 0 unspecified atom stereocenters. The van der Waals surface area contributed by atoms with Crippen molar-refractivity contribution in [2.24, 2.45) is 0 Å². The molecule has 3 N–H and O–H groups in total. The molecule has 0 fully saturated rings. The summed E-state index contributed by atoms with van der Waals surface area (Å²) in [6, 6.07) is 4.39. The molecule has 2 rings (SSSR count). The highest BCUT2D eigenvalue weighted by Gasteiger charge is 2.12. The van der Waals surface area contributed by atoms with Crippen LogP contribution in [0.4, 0.5) is 10.5 Å². The largest absolute Gasteiger partial charge is 0.478 e. The third kappa shape index (κ3) is 4.03. The van der Waals surface area contributed by atoms with E-state index in [1.165, 1.54) is 17.4 Å². The lowest BCUT2D eigenvalue weighted by Gasteiger charge is -2.10. The van der Waals surface area contributed by atoms with Gasteiger partial charge in [0.15, 0.2) is 0 Å². The normalized spacial score (nSPS) is 10.2. The van der Waals surface area contributed by atoms with Crippen LogP contribution in [0.5, 0.6) is 0 Å². The van der Waals surface area contributed by atoms with Crippen molar-refractivity contribution in [1.82, 2.24) is 10.3 Å². The van der Waals surface area contributed by atoms with Crippen LogP contribution in [0.25, 0.3) is 0 Å². The van der Waals surface area contributed by atoms with Gasteiger partial charge in [0.25, 0.3) is 0 Å². The quantitative estimate of drug-likeness (QED) is 0.810. The van der Waals surface area contributed by atoms with Crippen LogP contribution in [0.1, 0.15) is 25.8 Å². The van der Waals surface area contributed by atoms with Crippen molar-refractivity contribution in [3.05, 3.63) is 45.4 Å². The van der Waals surface area contributed by atoms with Crippen molar-refractivity contribution < 1.29 is 14.7 Å². The first-order valence-electron chi connectivity index (χ1n) is 6.26. The standard InChI is InChI=1S/C14H15N3O3S/c1-8-3-4-12(11(5-8)13(18)19)17-14(20)16-7-10-6-15-9(2)21-10/h3-6H,7H2,1-2H3,(H,18,19)(H2,16,17,20). The minimum Gasteiger partial charge on any atom is -0.478 e. The number of urea groups is 1. The number of carbonyl (C=O) groups excluding carboxylic acids is 1. The second-order valence-electron chi connectivity index (χ2n) is 4.51. The number of thiazole rings is 1. The predicted octanol–water partition coefficient (Wildman–Crippen LogP) is 2.78. The zero-order valence-electron chi connectivity index (χ0n) is 11.6. The lowest BCUT2D eigenvalue weighted by molar-refractivity contribution is 0.0698. The molecule has 0 radical (unpaired) electrons. The number of amides is 2. The van der Waals surface area contributed by atoms with Crippen LogP contribution in [-0.2, 0) is 6.54 Å². The summed E-state index contributed by atoms with van der Waals surface area (Å²) in [5.74, 6) is -1.08. The molecule has 7 heteroatoms. The molecule has 21 heavy (non-hydrogen) atoms. The second kappa shape index (κ2) is 6.36. The van der Waals surface area contributed by atoms with Gasteiger partial charge in [0.05, 0.1) is 22.8 Å². The fourth-order valence-corrected chi connectivity index (χ4v) is 2.50. The summed E-state index contributed by atoms with van der Waals surface area (Å²) in [5, 5.41) is 15.3. The van der Waals surface area contributed by atoms with Crippen molar-refractivity contribution in [2.45, 2.75) is 20.4 Å². The molecule has 1 heterocycles. The molecule has 0 aliphatic rings. The van der Waals surface area contributed by atoms with E-state index in [1.54, 1.807) is 25.3 Å². The highest BCUT2D eigenvalue weighted by molar-refractivity contribution is 7.11. The van der Waals surface area contributed by atoms with Gasteiger partial charge in [-0.2, -0.15) is 0 Å². The summed E-state index contributed by atoms with van der Waals surface area (Å²) in [4.78, 5) is 28.0. The van der Waals surface area contributed by atoms with Crippen molar-refractivity contribution in [2.75, 3.05) is 5.32 Å². The molecule has 6 nitrogen and oxygen atoms in total. The van der Waals surface area contributed by atoms with Gasteiger partial charge in [-0.1, -0.05) is 11.6 Å². The number of hydrogen-bond donors (Lipinski definition) is 3. The summed E-state index contributed by atoms with van der Waals surface area (Å²) in [5.41, 5.74) is 1.16. The van der Waals surface area contributed by atoms with E-state index < -0.39 is 12.0 Å². The van der Waals surface area contributed by atoms with Crippen LogP contribution in [-0.4, -0.2) is 22.1 Å². The van der Waals surface area contributed by atoms with Crippen LogP contribution in [0.3, 0.4) is 0 Å². The number of anilines is 1. The number of aromatic carboxylic acids is 1. The Morgan fingerprint density at radius 3 is 2.71 bits per heavy atom. The number of aromatic nitrogens is 1. The lowest BCUT2D eigenvalue weighted by atomic mass is 10.1. The summed E-state index contributed by atoms with van der Waals surface area (Å²) in [6.07, 6.45) is 1.70. The fourth-order valence-electron chi connectivity index (χ4n) is 1.76. The zero-order valence-corrected chi connectivity index (χ0v) is 12.5. The Bertz CT molecular complexity index is 682. The maximum atomic E-state index is 11.8. The van der Waals surface area contributed by atoms with E-state index in [4.69, 9.17) is 5.11 Å². The number of aryl methyl sites for hydroxylation is 2. The van der Waals surface area contributed by atoms with E-state index in [0.29, 0.717) is 6.54 Å². The first kappa shape index (κ1) is 15.0. The second-order valence-corrected chi connectivity index (χ2v) is 5.83. The predicted molar refractivity (Wildman–Crippen MR) is 80.8 cm³/mol. The molecule has 0 atom stereocenters. The van der Waals surface area contributed by atoms with Gasteiger partial charge in [0.2, 0.25) is 0 Å². The molecular weight excluding hydrogens is 290 g/mol. The van der Waals surface area contributed by atoms with E-state index in [-0.39, 0.29) is 11.3 Å². The van der Waals surface area contributed by atoms with E-state index >= 15 is 0 Å². The molecule has 0 bridgehead atoms. The molecule has 0 aliphatic carbocycles. The maximum Gasteiger partial charge on any atom is 0.337 e. The molecule has 2 amide bonds. The summed E-state index contributed by atoms with van der Waals surface area (Å²) in [6.45, 7) is 4.04. The molecule has 2 aromatic rings. The summed E-state index contributed by atoms with van der Waals surface area (Å²) < 4.78 is 0. The highest BCUT2D eigenvalue weighted by Crippen LogP contribution is 2.17. The van der Waals surface area contributed by atoms with Gasteiger partial charge in [0, 0.05) is 11.1 Å². The number of rotatable bonds is 4. The molecule has 0 spiro atoms. The van der Waals surface area contributed by atoms with Crippen LogP contribution >= 0.6 is 11.3 Å². The molecular formula is C14H15N3O3S. The van der Waals surface area contributed by atoms with Crippen LogP contribution < -0.4 is 10.6 Å². The number of nitrogens with one attached hydrogen (secondary N) is 2. The minimum absolute atomic E-state index is 0.0683. The molecule has 110 valence electrons. The minimum atomic E-state index is -1.08. The number of carboxylic acids is 1.